The van der Waals surface area contributed by atoms with Crippen molar-refractivity contribution in [2.24, 2.45) is 5.92 Å². The van der Waals surface area contributed by atoms with Crippen LogP contribution >= 0.6 is 11.8 Å². The Morgan fingerprint density at radius 1 is 1.30 bits per heavy atom. The molecule has 7 nitrogen and oxygen atoms in total. The van der Waals surface area contributed by atoms with E-state index in [0.29, 0.717) is 25.9 Å². The van der Waals surface area contributed by atoms with Crippen LogP contribution in [0.2, 0.25) is 0 Å². The van der Waals surface area contributed by atoms with E-state index < -0.39 is 0 Å². The molecule has 0 saturated carbocycles. The summed E-state index contributed by atoms with van der Waals surface area (Å²) in [7, 11) is 1.55. The van der Waals surface area contributed by atoms with Crippen LogP contribution in [0.25, 0.3) is 0 Å². The minimum atomic E-state index is -0.355. The third-order valence-corrected chi connectivity index (χ3v) is 4.74. The highest BCUT2D eigenvalue weighted by Gasteiger charge is 2.35. The van der Waals surface area contributed by atoms with E-state index in [1.807, 2.05) is 6.92 Å². The Morgan fingerprint density at radius 3 is 2.52 bits per heavy atom. The highest BCUT2D eigenvalue weighted by atomic mass is 32.2. The Balaban J connectivity index is 2.34. The Hall–Kier alpha value is -1.57. The number of amides is 3. The summed E-state index contributed by atoms with van der Waals surface area (Å²) in [6, 6.07) is -0.355. The molecule has 0 aromatic rings. The summed E-state index contributed by atoms with van der Waals surface area (Å²) in [6.45, 7) is 4.30. The second kappa shape index (κ2) is 9.54. The van der Waals surface area contributed by atoms with E-state index in [9.17, 15) is 19.2 Å². The number of likely N-dealkylation sites (tertiary alicyclic amines) is 1. The van der Waals surface area contributed by atoms with Gasteiger partial charge in [0, 0.05) is 32.5 Å². The van der Waals surface area contributed by atoms with E-state index in [0.717, 1.165) is 0 Å². The zero-order valence-electron chi connectivity index (χ0n) is 13.9. The number of hydrogen-bond donors (Lipinski definition) is 2. The lowest BCUT2D eigenvalue weighted by Gasteiger charge is -2.25. The fourth-order valence-electron chi connectivity index (χ4n) is 2.59. The number of nitrogens with zero attached hydrogens (tertiary/aromatic N) is 1. The van der Waals surface area contributed by atoms with Crippen molar-refractivity contribution < 1.29 is 19.2 Å². The molecule has 0 bridgehead atoms. The summed E-state index contributed by atoms with van der Waals surface area (Å²) in [5.41, 5.74) is 0. The first-order valence-electron chi connectivity index (χ1n) is 7.73. The molecule has 2 atom stereocenters. The number of ketones is 1. The predicted octanol–water partition coefficient (Wildman–Crippen LogP) is -0.202. The molecule has 1 unspecified atom stereocenters. The van der Waals surface area contributed by atoms with Crippen molar-refractivity contribution in [3.63, 3.8) is 0 Å². The highest BCUT2D eigenvalue weighted by molar-refractivity contribution is 8.00. The summed E-state index contributed by atoms with van der Waals surface area (Å²) in [5, 5.41) is 5.28. The van der Waals surface area contributed by atoms with Crippen LogP contribution in [0.5, 0.6) is 0 Å². The van der Waals surface area contributed by atoms with E-state index in [2.05, 4.69) is 10.6 Å². The summed E-state index contributed by atoms with van der Waals surface area (Å²) < 4.78 is 0. The highest BCUT2D eigenvalue weighted by Crippen LogP contribution is 2.21. The number of hydrogen-bond acceptors (Lipinski definition) is 5. The Kier molecular flexibility index (Phi) is 8.08. The van der Waals surface area contributed by atoms with Gasteiger partial charge in [-0.3, -0.25) is 19.2 Å². The molecular formula is C15H25N3O4S. The molecule has 0 spiro atoms. The lowest BCUT2D eigenvalue weighted by atomic mass is 10.1. The van der Waals surface area contributed by atoms with Crippen LogP contribution in [-0.2, 0) is 19.2 Å². The van der Waals surface area contributed by atoms with E-state index in [1.54, 1.807) is 11.9 Å². The monoisotopic (exact) mass is 343 g/mol. The molecule has 1 aliphatic heterocycles. The van der Waals surface area contributed by atoms with Gasteiger partial charge in [0.1, 0.15) is 0 Å². The van der Waals surface area contributed by atoms with Crippen LogP contribution in [-0.4, -0.2) is 66.1 Å². The molecule has 1 heterocycles. The van der Waals surface area contributed by atoms with Crippen molar-refractivity contribution in [1.82, 2.24) is 15.5 Å². The summed E-state index contributed by atoms with van der Waals surface area (Å²) in [6.07, 6.45) is 0.964. The fraction of sp³-hybridized carbons (Fsp3) is 0.733. The normalized spacial score (nSPS) is 18.7. The van der Waals surface area contributed by atoms with Crippen LogP contribution in [0.1, 0.15) is 26.7 Å². The number of carbonyl (C=O) groups excluding carboxylic acids is 4. The zero-order valence-corrected chi connectivity index (χ0v) is 14.7. The maximum Gasteiger partial charge on any atom is 0.230 e. The predicted molar refractivity (Wildman–Crippen MR) is 89.0 cm³/mol. The minimum absolute atomic E-state index is 0.00358. The van der Waals surface area contributed by atoms with Crippen molar-refractivity contribution in [1.29, 1.82) is 0 Å². The smallest absolute Gasteiger partial charge is 0.230 e. The van der Waals surface area contributed by atoms with Crippen LogP contribution in [0.3, 0.4) is 0 Å². The molecule has 0 aliphatic carbocycles. The SMILES string of the molecule is CC[C@H](C(C)=O)N1CC(CNC(=O)CSCC(=O)NC)CC1=O. The van der Waals surface area contributed by atoms with Gasteiger partial charge in [-0.25, -0.2) is 0 Å². The maximum atomic E-state index is 12.0. The van der Waals surface area contributed by atoms with E-state index in [4.69, 9.17) is 0 Å². The number of rotatable bonds is 9. The lowest BCUT2D eigenvalue weighted by Crippen LogP contribution is -2.41. The molecule has 1 fully saturated rings. The van der Waals surface area contributed by atoms with E-state index in [1.165, 1.54) is 18.7 Å². The minimum Gasteiger partial charge on any atom is -0.358 e. The van der Waals surface area contributed by atoms with Gasteiger partial charge in [0.15, 0.2) is 5.78 Å². The van der Waals surface area contributed by atoms with Crippen molar-refractivity contribution in [3.05, 3.63) is 0 Å². The Labute approximate surface area is 140 Å². The topological polar surface area (TPSA) is 95.6 Å². The number of Topliss-reactive ketones (excluding diaryl/α,β-unsaturated/α-hetero) is 1. The average Bonchev–Trinajstić information content (AvgIpc) is 2.86. The van der Waals surface area contributed by atoms with Gasteiger partial charge in [-0.2, -0.15) is 0 Å². The molecule has 23 heavy (non-hydrogen) atoms. The van der Waals surface area contributed by atoms with Crippen molar-refractivity contribution in [3.8, 4) is 0 Å². The van der Waals surface area contributed by atoms with Gasteiger partial charge >= 0.3 is 0 Å². The first-order chi connectivity index (χ1) is 10.9. The number of nitrogens with one attached hydrogen (secondary N) is 2. The number of thioether (sulfide) groups is 1. The first-order valence-corrected chi connectivity index (χ1v) is 8.89. The molecule has 0 radical (unpaired) electrons. The zero-order chi connectivity index (χ0) is 17.4. The van der Waals surface area contributed by atoms with Gasteiger partial charge < -0.3 is 15.5 Å². The third-order valence-electron chi connectivity index (χ3n) is 3.80. The molecule has 1 saturated heterocycles. The van der Waals surface area contributed by atoms with Crippen LogP contribution in [0, 0.1) is 5.92 Å². The first kappa shape index (κ1) is 19.5. The Bertz CT molecular complexity index is 470. The quantitative estimate of drug-likeness (QED) is 0.604. The van der Waals surface area contributed by atoms with Gasteiger partial charge in [0.2, 0.25) is 17.7 Å². The van der Waals surface area contributed by atoms with Crippen LogP contribution < -0.4 is 10.6 Å². The van der Waals surface area contributed by atoms with Gasteiger partial charge in [0.05, 0.1) is 17.5 Å². The lowest BCUT2D eigenvalue weighted by molar-refractivity contribution is -0.135. The standard InChI is InChI=1S/C15H25N3O4S/c1-4-12(10(2)19)18-7-11(5-15(18)22)6-17-14(21)9-23-8-13(20)16-3/h11-12H,4-9H2,1-3H3,(H,16,20)(H,17,21)/t11?,12-/m1/s1. The molecule has 1 aliphatic rings. The second-order valence-electron chi connectivity index (χ2n) is 5.62. The van der Waals surface area contributed by atoms with Gasteiger partial charge in [-0.15, -0.1) is 11.8 Å². The summed E-state index contributed by atoms with van der Waals surface area (Å²) in [5.74, 6) is 0.192. The molecule has 3 amide bonds. The summed E-state index contributed by atoms with van der Waals surface area (Å²) in [4.78, 5) is 48.0. The van der Waals surface area contributed by atoms with Crippen molar-refractivity contribution >= 4 is 35.3 Å². The molecule has 1 rings (SSSR count). The largest absolute Gasteiger partial charge is 0.358 e. The fourth-order valence-corrected chi connectivity index (χ4v) is 3.31. The third kappa shape index (κ3) is 6.21. The summed E-state index contributed by atoms with van der Waals surface area (Å²) >= 11 is 1.24. The van der Waals surface area contributed by atoms with Gasteiger partial charge in [-0.1, -0.05) is 6.92 Å². The van der Waals surface area contributed by atoms with Crippen molar-refractivity contribution in [2.45, 2.75) is 32.7 Å². The molecule has 0 aromatic carbocycles. The van der Waals surface area contributed by atoms with Crippen molar-refractivity contribution in [2.75, 3.05) is 31.6 Å². The average molecular weight is 343 g/mol. The van der Waals surface area contributed by atoms with E-state index in [-0.39, 0.29) is 47.0 Å². The molecule has 0 aromatic heterocycles. The Morgan fingerprint density at radius 2 is 1.96 bits per heavy atom. The van der Waals surface area contributed by atoms with Gasteiger partial charge in [0.25, 0.3) is 0 Å². The second-order valence-corrected chi connectivity index (χ2v) is 6.61. The van der Waals surface area contributed by atoms with Crippen LogP contribution in [0.15, 0.2) is 0 Å². The van der Waals surface area contributed by atoms with Gasteiger partial charge in [-0.05, 0) is 13.3 Å². The molecule has 8 heteroatoms. The molecule has 130 valence electrons. The molecular weight excluding hydrogens is 318 g/mol. The maximum absolute atomic E-state index is 12.0. The van der Waals surface area contributed by atoms with E-state index >= 15 is 0 Å². The molecule has 2 N–H and O–H groups in total. The number of carbonyl (C=O) groups is 4. The van der Waals surface area contributed by atoms with Crippen LogP contribution in [0.4, 0.5) is 0 Å².